The van der Waals surface area contributed by atoms with Gasteiger partial charge in [-0.15, -0.1) is 0 Å². The van der Waals surface area contributed by atoms with Crippen molar-refractivity contribution in [2.45, 2.75) is 19.5 Å². The maximum atomic E-state index is 13.8. The number of carbonyl (C=O) groups is 1. The van der Waals surface area contributed by atoms with Crippen LogP contribution in [0.25, 0.3) is 11.0 Å². The number of furan rings is 1. The molecule has 5 rings (SSSR count). The van der Waals surface area contributed by atoms with Gasteiger partial charge in [0.2, 0.25) is 5.76 Å². The van der Waals surface area contributed by atoms with E-state index < -0.39 is 23.2 Å². The van der Waals surface area contributed by atoms with Crippen molar-refractivity contribution in [2.24, 2.45) is 0 Å². The van der Waals surface area contributed by atoms with Crippen LogP contribution in [-0.4, -0.2) is 17.4 Å². The van der Waals surface area contributed by atoms with E-state index in [1.807, 2.05) is 19.1 Å². The van der Waals surface area contributed by atoms with Crippen LogP contribution in [0.3, 0.4) is 0 Å². The third-order valence-corrected chi connectivity index (χ3v) is 5.34. The summed E-state index contributed by atoms with van der Waals surface area (Å²) in [5.74, 6) is 0.249. The molecule has 7 heteroatoms. The second kappa shape index (κ2) is 7.43. The van der Waals surface area contributed by atoms with Crippen LogP contribution in [0.2, 0.25) is 0 Å². The molecule has 1 atom stereocenters. The van der Waals surface area contributed by atoms with Gasteiger partial charge in [-0.1, -0.05) is 12.1 Å². The Balaban J connectivity index is 1.70. The molecule has 0 bridgehead atoms. The van der Waals surface area contributed by atoms with Gasteiger partial charge in [0.25, 0.3) is 5.91 Å². The van der Waals surface area contributed by atoms with Gasteiger partial charge in [-0.25, -0.2) is 4.39 Å². The summed E-state index contributed by atoms with van der Waals surface area (Å²) < 4.78 is 30.6. The Bertz CT molecular complexity index is 1320. The van der Waals surface area contributed by atoms with Gasteiger partial charge in [0.1, 0.15) is 22.9 Å². The lowest BCUT2D eigenvalue weighted by molar-refractivity contribution is 0.0701. The first-order valence-corrected chi connectivity index (χ1v) is 9.89. The molecule has 0 saturated heterocycles. The predicted molar refractivity (Wildman–Crippen MR) is 110 cm³/mol. The third kappa shape index (κ3) is 3.18. The van der Waals surface area contributed by atoms with Crippen molar-refractivity contribution in [2.75, 3.05) is 6.61 Å². The van der Waals surface area contributed by atoms with Crippen LogP contribution in [-0.2, 0) is 6.54 Å². The lowest BCUT2D eigenvalue weighted by atomic mass is 9.98. The monoisotopic (exact) mass is 419 g/mol. The predicted octanol–water partition coefficient (Wildman–Crippen LogP) is 4.67. The Morgan fingerprint density at radius 1 is 1.10 bits per heavy atom. The summed E-state index contributed by atoms with van der Waals surface area (Å²) in [6.45, 7) is 2.56. The smallest absolute Gasteiger partial charge is 0.291 e. The van der Waals surface area contributed by atoms with E-state index in [0.717, 1.165) is 6.07 Å². The fourth-order valence-electron chi connectivity index (χ4n) is 3.99. The molecule has 0 unspecified atom stereocenters. The van der Waals surface area contributed by atoms with Crippen molar-refractivity contribution in [3.8, 4) is 5.75 Å². The first-order chi connectivity index (χ1) is 15.1. The summed E-state index contributed by atoms with van der Waals surface area (Å²) in [4.78, 5) is 28.2. The van der Waals surface area contributed by atoms with E-state index in [4.69, 9.17) is 13.6 Å². The maximum absolute atomic E-state index is 13.8. The Labute approximate surface area is 176 Å². The number of hydrogen-bond donors (Lipinski definition) is 0. The van der Waals surface area contributed by atoms with Crippen molar-refractivity contribution >= 4 is 16.9 Å². The second-order valence-corrected chi connectivity index (χ2v) is 7.23. The molecule has 1 amide bonds. The summed E-state index contributed by atoms with van der Waals surface area (Å²) in [5, 5.41) is 0.0994. The van der Waals surface area contributed by atoms with Crippen molar-refractivity contribution in [3.05, 3.63) is 99.5 Å². The van der Waals surface area contributed by atoms with E-state index >= 15 is 0 Å². The van der Waals surface area contributed by atoms with Crippen LogP contribution in [0.5, 0.6) is 5.75 Å². The molecule has 0 aliphatic carbocycles. The highest BCUT2D eigenvalue weighted by atomic mass is 19.1. The molecule has 0 N–H and O–H groups in total. The topological polar surface area (TPSA) is 72.9 Å². The van der Waals surface area contributed by atoms with Crippen LogP contribution in [0.15, 0.2) is 74.5 Å². The van der Waals surface area contributed by atoms with Crippen molar-refractivity contribution in [1.29, 1.82) is 0 Å². The minimum absolute atomic E-state index is 0.0328. The van der Waals surface area contributed by atoms with E-state index in [0.29, 0.717) is 23.7 Å². The number of halogens is 1. The fourth-order valence-corrected chi connectivity index (χ4v) is 3.99. The normalized spacial score (nSPS) is 15.5. The molecule has 1 aliphatic heterocycles. The van der Waals surface area contributed by atoms with E-state index in [-0.39, 0.29) is 28.8 Å². The standard InChI is InChI=1S/C24H18FNO5/c1-2-29-16-8-5-14(6-9-16)21-20-22(27)18-12-15(25)7-10-19(18)31-23(20)24(28)26(21)13-17-4-3-11-30-17/h3-12,21H,2,13H2,1H3/t21-/m0/s1. The first-order valence-electron chi connectivity index (χ1n) is 9.89. The number of ether oxygens (including phenoxy) is 1. The average Bonchev–Trinajstić information content (AvgIpc) is 3.37. The third-order valence-electron chi connectivity index (χ3n) is 5.34. The number of amides is 1. The quantitative estimate of drug-likeness (QED) is 0.470. The van der Waals surface area contributed by atoms with Crippen molar-refractivity contribution < 1.29 is 22.8 Å². The fraction of sp³-hybridized carbons (Fsp3) is 0.167. The molecule has 31 heavy (non-hydrogen) atoms. The average molecular weight is 419 g/mol. The lowest BCUT2D eigenvalue weighted by Gasteiger charge is -2.24. The van der Waals surface area contributed by atoms with Crippen LogP contribution in [0.4, 0.5) is 4.39 Å². The first kappa shape index (κ1) is 19.1. The highest BCUT2D eigenvalue weighted by Crippen LogP contribution is 2.39. The highest BCUT2D eigenvalue weighted by molar-refractivity contribution is 5.99. The van der Waals surface area contributed by atoms with Gasteiger partial charge >= 0.3 is 0 Å². The van der Waals surface area contributed by atoms with Crippen LogP contribution in [0, 0.1) is 5.82 Å². The summed E-state index contributed by atoms with van der Waals surface area (Å²) >= 11 is 0. The summed E-state index contributed by atoms with van der Waals surface area (Å²) in [5.41, 5.74) is 0.651. The number of carbonyl (C=O) groups excluding carboxylic acids is 1. The summed E-state index contributed by atoms with van der Waals surface area (Å²) in [6, 6.07) is 13.7. The molecule has 3 heterocycles. The maximum Gasteiger partial charge on any atom is 0.291 e. The number of fused-ring (bicyclic) bond motifs is 2. The molecule has 0 spiro atoms. The molecule has 2 aromatic carbocycles. The Morgan fingerprint density at radius 2 is 1.90 bits per heavy atom. The van der Waals surface area contributed by atoms with Gasteiger partial charge in [0, 0.05) is 0 Å². The van der Waals surface area contributed by atoms with Crippen LogP contribution in [0.1, 0.15) is 40.4 Å². The van der Waals surface area contributed by atoms with E-state index in [9.17, 15) is 14.0 Å². The molecular formula is C24H18FNO5. The molecule has 1 aliphatic rings. The Kier molecular flexibility index (Phi) is 4.58. The zero-order valence-corrected chi connectivity index (χ0v) is 16.6. The SMILES string of the molecule is CCOc1ccc([C@H]2c3c(oc4ccc(F)cc4c3=O)C(=O)N2Cc2ccco2)cc1. The molecule has 0 fully saturated rings. The summed E-state index contributed by atoms with van der Waals surface area (Å²) in [6.07, 6.45) is 1.52. The molecule has 0 radical (unpaired) electrons. The Hall–Kier alpha value is -3.87. The molecule has 2 aromatic heterocycles. The molecule has 0 saturated carbocycles. The van der Waals surface area contributed by atoms with E-state index in [1.54, 1.807) is 24.3 Å². The number of benzene rings is 2. The Morgan fingerprint density at radius 3 is 2.61 bits per heavy atom. The van der Waals surface area contributed by atoms with Gasteiger partial charge in [-0.3, -0.25) is 9.59 Å². The highest BCUT2D eigenvalue weighted by Gasteiger charge is 2.43. The van der Waals surface area contributed by atoms with Gasteiger partial charge in [-0.05, 0) is 55.0 Å². The zero-order valence-electron chi connectivity index (χ0n) is 16.6. The number of rotatable bonds is 5. The second-order valence-electron chi connectivity index (χ2n) is 7.23. The molecule has 156 valence electrons. The van der Waals surface area contributed by atoms with Gasteiger partial charge < -0.3 is 18.5 Å². The van der Waals surface area contributed by atoms with Gasteiger partial charge in [0.05, 0.1) is 36.4 Å². The van der Waals surface area contributed by atoms with Crippen molar-refractivity contribution in [3.63, 3.8) is 0 Å². The number of nitrogens with zero attached hydrogens (tertiary/aromatic N) is 1. The zero-order chi connectivity index (χ0) is 21.5. The minimum Gasteiger partial charge on any atom is -0.494 e. The van der Waals surface area contributed by atoms with Gasteiger partial charge in [-0.2, -0.15) is 0 Å². The molecule has 4 aromatic rings. The van der Waals surface area contributed by atoms with Crippen LogP contribution < -0.4 is 10.2 Å². The lowest BCUT2D eigenvalue weighted by Crippen LogP contribution is -2.29. The number of hydrogen-bond acceptors (Lipinski definition) is 5. The summed E-state index contributed by atoms with van der Waals surface area (Å²) in [7, 11) is 0. The van der Waals surface area contributed by atoms with E-state index in [1.165, 1.54) is 23.3 Å². The molecular weight excluding hydrogens is 401 g/mol. The van der Waals surface area contributed by atoms with Crippen molar-refractivity contribution in [1.82, 2.24) is 4.90 Å². The largest absolute Gasteiger partial charge is 0.494 e. The molecule has 6 nitrogen and oxygen atoms in total. The van der Waals surface area contributed by atoms with E-state index in [2.05, 4.69) is 0 Å². The van der Waals surface area contributed by atoms with Gasteiger partial charge in [0.15, 0.2) is 5.43 Å². The minimum atomic E-state index is -0.702. The van der Waals surface area contributed by atoms with Crippen LogP contribution >= 0.6 is 0 Å².